The summed E-state index contributed by atoms with van der Waals surface area (Å²) >= 11 is 0. The van der Waals surface area contributed by atoms with E-state index in [1.807, 2.05) is 12.1 Å². The topological polar surface area (TPSA) is 69.7 Å². The molecule has 1 N–H and O–H groups in total. The van der Waals surface area contributed by atoms with Gasteiger partial charge in [-0.2, -0.15) is 0 Å². The van der Waals surface area contributed by atoms with Crippen LogP contribution in [0.25, 0.3) is 0 Å². The van der Waals surface area contributed by atoms with Crippen LogP contribution in [0.3, 0.4) is 0 Å². The van der Waals surface area contributed by atoms with Gasteiger partial charge in [-0.15, -0.1) is 0 Å². The molecule has 0 radical (unpaired) electrons. The van der Waals surface area contributed by atoms with E-state index in [9.17, 15) is 17.6 Å². The van der Waals surface area contributed by atoms with Gasteiger partial charge in [-0.1, -0.05) is 18.2 Å². The highest BCUT2D eigenvalue weighted by atomic mass is 32.2. The van der Waals surface area contributed by atoms with Gasteiger partial charge in [0.05, 0.1) is 10.6 Å². The fourth-order valence-electron chi connectivity index (χ4n) is 3.70. The first-order chi connectivity index (χ1) is 15.4. The zero-order valence-electron chi connectivity index (χ0n) is 17.4. The molecule has 0 spiro atoms. The van der Waals surface area contributed by atoms with Crippen LogP contribution in [0.15, 0.2) is 83.8 Å². The first-order valence-electron chi connectivity index (χ1n) is 10.4. The number of anilines is 3. The Labute approximate surface area is 187 Å². The summed E-state index contributed by atoms with van der Waals surface area (Å²) in [5.41, 5.74) is 1.88. The van der Waals surface area contributed by atoms with Crippen molar-refractivity contribution in [3.63, 3.8) is 0 Å². The zero-order valence-corrected chi connectivity index (χ0v) is 18.3. The fourth-order valence-corrected chi connectivity index (χ4v) is 5.15. The number of carbonyl (C=O) groups is 1. The summed E-state index contributed by atoms with van der Waals surface area (Å²) in [5.74, 6) is -0.990. The number of halogens is 1. The number of rotatable bonds is 7. The normalized spacial score (nSPS) is 13.7. The molecule has 32 heavy (non-hydrogen) atoms. The fraction of sp³-hybridized carbons (Fsp3) is 0.208. The Hall–Kier alpha value is -3.39. The van der Waals surface area contributed by atoms with Crippen LogP contribution in [-0.4, -0.2) is 34.0 Å². The molecule has 166 valence electrons. The molecule has 0 saturated carbocycles. The number of carbonyl (C=O) groups excluding carboxylic acids is 1. The van der Waals surface area contributed by atoms with Crippen LogP contribution in [0, 0.1) is 5.82 Å². The lowest BCUT2D eigenvalue weighted by Crippen LogP contribution is -2.38. The summed E-state index contributed by atoms with van der Waals surface area (Å²) in [6.07, 6.45) is 2.35. The van der Waals surface area contributed by atoms with Gasteiger partial charge < -0.3 is 10.2 Å². The minimum absolute atomic E-state index is 0.0482. The minimum Gasteiger partial charge on any atom is -0.372 e. The molecule has 0 atom stereocenters. The second-order valence-electron chi connectivity index (χ2n) is 7.59. The van der Waals surface area contributed by atoms with Crippen molar-refractivity contribution in [2.24, 2.45) is 0 Å². The summed E-state index contributed by atoms with van der Waals surface area (Å²) in [5, 5.41) is 2.76. The van der Waals surface area contributed by atoms with Gasteiger partial charge in [0.2, 0.25) is 5.91 Å². The Bertz CT molecular complexity index is 1160. The summed E-state index contributed by atoms with van der Waals surface area (Å²) < 4.78 is 40.9. The van der Waals surface area contributed by atoms with Crippen molar-refractivity contribution in [1.82, 2.24) is 0 Å². The first-order valence-corrected chi connectivity index (χ1v) is 11.9. The molecule has 8 heteroatoms. The van der Waals surface area contributed by atoms with Gasteiger partial charge in [0, 0.05) is 24.5 Å². The van der Waals surface area contributed by atoms with E-state index in [-0.39, 0.29) is 10.6 Å². The van der Waals surface area contributed by atoms with Crippen LogP contribution in [0.4, 0.5) is 21.5 Å². The number of benzene rings is 3. The maximum atomic E-state index is 13.4. The van der Waals surface area contributed by atoms with Crippen molar-refractivity contribution in [1.29, 1.82) is 0 Å². The monoisotopic (exact) mass is 453 g/mol. The van der Waals surface area contributed by atoms with Crippen LogP contribution in [0.5, 0.6) is 0 Å². The molecule has 1 heterocycles. The van der Waals surface area contributed by atoms with Crippen molar-refractivity contribution in [3.8, 4) is 0 Å². The molecule has 1 saturated heterocycles. The molecule has 6 nitrogen and oxygen atoms in total. The van der Waals surface area contributed by atoms with Crippen molar-refractivity contribution < 1.29 is 17.6 Å². The third-order valence-electron chi connectivity index (χ3n) is 5.36. The quantitative estimate of drug-likeness (QED) is 0.580. The molecule has 1 amide bonds. The highest BCUT2D eigenvalue weighted by molar-refractivity contribution is 7.92. The maximum absolute atomic E-state index is 13.4. The summed E-state index contributed by atoms with van der Waals surface area (Å²) in [6, 6.07) is 20.4. The number of nitrogens with one attached hydrogen (secondary N) is 1. The first kappa shape index (κ1) is 21.8. The molecule has 0 aliphatic carbocycles. The molecular weight excluding hydrogens is 429 g/mol. The number of sulfonamides is 1. The van der Waals surface area contributed by atoms with Gasteiger partial charge in [0.1, 0.15) is 12.4 Å². The standard InChI is InChI=1S/C24H24FN3O3S/c25-19-8-12-22(13-9-19)28(32(30,31)23-6-2-1-3-7-23)18-24(29)26-20-10-14-21(15-11-20)27-16-4-5-17-27/h1-3,6-15H,4-5,16-18H2,(H,26,29). The lowest BCUT2D eigenvalue weighted by molar-refractivity contribution is -0.114. The van der Waals surface area contributed by atoms with E-state index in [1.54, 1.807) is 30.3 Å². The van der Waals surface area contributed by atoms with Gasteiger partial charge in [-0.3, -0.25) is 9.10 Å². The van der Waals surface area contributed by atoms with Gasteiger partial charge in [-0.05, 0) is 73.5 Å². The molecule has 0 bridgehead atoms. The lowest BCUT2D eigenvalue weighted by Gasteiger charge is -2.24. The third-order valence-corrected chi connectivity index (χ3v) is 7.14. The summed E-state index contributed by atoms with van der Waals surface area (Å²) in [6.45, 7) is 1.60. The van der Waals surface area contributed by atoms with E-state index in [4.69, 9.17) is 0 Å². The van der Waals surface area contributed by atoms with Crippen LogP contribution >= 0.6 is 0 Å². The molecule has 1 fully saturated rings. The van der Waals surface area contributed by atoms with Gasteiger partial charge >= 0.3 is 0 Å². The van der Waals surface area contributed by atoms with E-state index < -0.39 is 28.3 Å². The minimum atomic E-state index is -4.03. The molecule has 3 aromatic carbocycles. The van der Waals surface area contributed by atoms with E-state index in [0.29, 0.717) is 5.69 Å². The Morgan fingerprint density at radius 3 is 2.16 bits per heavy atom. The number of amides is 1. The highest BCUT2D eigenvalue weighted by Crippen LogP contribution is 2.25. The maximum Gasteiger partial charge on any atom is 0.264 e. The van der Waals surface area contributed by atoms with Crippen molar-refractivity contribution in [2.75, 3.05) is 34.2 Å². The van der Waals surface area contributed by atoms with Crippen molar-refractivity contribution in [2.45, 2.75) is 17.7 Å². The van der Waals surface area contributed by atoms with Crippen molar-refractivity contribution >= 4 is 33.0 Å². The molecule has 0 unspecified atom stereocenters. The van der Waals surface area contributed by atoms with Crippen LogP contribution in [0.2, 0.25) is 0 Å². The Kier molecular flexibility index (Phi) is 6.41. The van der Waals surface area contributed by atoms with Gasteiger partial charge in [-0.25, -0.2) is 12.8 Å². The SMILES string of the molecule is O=C(CN(c1ccc(F)cc1)S(=O)(=O)c1ccccc1)Nc1ccc(N2CCCC2)cc1. The summed E-state index contributed by atoms with van der Waals surface area (Å²) in [4.78, 5) is 15.1. The smallest absolute Gasteiger partial charge is 0.264 e. The lowest BCUT2D eigenvalue weighted by atomic mass is 10.2. The Morgan fingerprint density at radius 1 is 0.906 bits per heavy atom. The second-order valence-corrected chi connectivity index (χ2v) is 9.45. The van der Waals surface area contributed by atoms with E-state index in [0.717, 1.165) is 35.2 Å². The van der Waals surface area contributed by atoms with Crippen LogP contribution < -0.4 is 14.5 Å². The van der Waals surface area contributed by atoms with Crippen LogP contribution in [0.1, 0.15) is 12.8 Å². The molecule has 4 rings (SSSR count). The molecule has 1 aliphatic heterocycles. The Morgan fingerprint density at radius 2 is 1.53 bits per heavy atom. The van der Waals surface area contributed by atoms with Gasteiger partial charge in [0.15, 0.2) is 0 Å². The number of hydrogen-bond donors (Lipinski definition) is 1. The Balaban J connectivity index is 1.54. The summed E-state index contributed by atoms with van der Waals surface area (Å²) in [7, 11) is -4.03. The molecular formula is C24H24FN3O3S. The largest absolute Gasteiger partial charge is 0.372 e. The predicted molar refractivity (Wildman–Crippen MR) is 124 cm³/mol. The predicted octanol–water partition coefficient (Wildman–Crippen LogP) is 4.26. The number of hydrogen-bond acceptors (Lipinski definition) is 4. The zero-order chi connectivity index (χ0) is 22.6. The average Bonchev–Trinajstić information content (AvgIpc) is 3.34. The molecule has 0 aromatic heterocycles. The van der Waals surface area contributed by atoms with Crippen molar-refractivity contribution in [3.05, 3.63) is 84.7 Å². The molecule has 3 aromatic rings. The van der Waals surface area contributed by atoms with Gasteiger partial charge in [0.25, 0.3) is 10.0 Å². The van der Waals surface area contributed by atoms with E-state index >= 15 is 0 Å². The highest BCUT2D eigenvalue weighted by Gasteiger charge is 2.27. The average molecular weight is 454 g/mol. The van der Waals surface area contributed by atoms with E-state index in [2.05, 4.69) is 10.2 Å². The second kappa shape index (κ2) is 9.40. The van der Waals surface area contributed by atoms with Crippen LogP contribution in [-0.2, 0) is 14.8 Å². The number of nitrogens with zero attached hydrogens (tertiary/aromatic N) is 2. The third kappa shape index (κ3) is 4.91. The molecule has 1 aliphatic rings. The van der Waals surface area contributed by atoms with E-state index in [1.165, 1.54) is 37.1 Å².